The number of aldehydes is 1. The van der Waals surface area contributed by atoms with E-state index < -0.39 is 7.60 Å². The molecule has 0 saturated carbocycles. The lowest BCUT2D eigenvalue weighted by molar-refractivity contribution is -0.109. The summed E-state index contributed by atoms with van der Waals surface area (Å²) in [5.74, 6) is 0. The van der Waals surface area contributed by atoms with E-state index in [1.54, 1.807) is 0 Å². The van der Waals surface area contributed by atoms with E-state index >= 15 is 0 Å². The number of nitrogens with zero attached hydrogens (tertiary/aromatic N) is 4. The highest BCUT2D eigenvalue weighted by Crippen LogP contribution is 2.35. The molecule has 2 fully saturated rings. The number of fused-ring (bicyclic) bond motifs is 3. The van der Waals surface area contributed by atoms with Gasteiger partial charge in [-0.1, -0.05) is 0 Å². The molecule has 0 aromatic heterocycles. The minimum Gasteiger partial charge on any atom is -0.324 e. The lowest BCUT2D eigenvalue weighted by Crippen LogP contribution is -2.47. The molecule has 2 aliphatic rings. The highest BCUT2D eigenvalue weighted by Gasteiger charge is 2.22. The van der Waals surface area contributed by atoms with Crippen molar-refractivity contribution >= 4 is 13.9 Å². The number of rotatable bonds is 4. The van der Waals surface area contributed by atoms with Crippen molar-refractivity contribution in [3.63, 3.8) is 0 Å². The molecule has 0 amide bonds. The fraction of sp³-hybridized carbons (Fsp3) is 0.933. The Morgan fingerprint density at radius 3 is 1.79 bits per heavy atom. The predicted octanol–water partition coefficient (Wildman–Crippen LogP) is -0.664. The van der Waals surface area contributed by atoms with E-state index in [0.29, 0.717) is 19.6 Å². The van der Waals surface area contributed by atoms with Crippen LogP contribution in [0.25, 0.3) is 0 Å². The van der Waals surface area contributed by atoms with Crippen LogP contribution in [0.15, 0.2) is 0 Å². The quantitative estimate of drug-likeness (QED) is 0.503. The van der Waals surface area contributed by atoms with Gasteiger partial charge in [0, 0.05) is 45.8 Å². The molecule has 2 saturated heterocycles. The molecule has 24 heavy (non-hydrogen) atoms. The van der Waals surface area contributed by atoms with Gasteiger partial charge >= 0.3 is 7.60 Å². The molecule has 2 N–H and O–H groups in total. The normalized spacial score (nSPS) is 29.2. The average molecular weight is 362 g/mol. The number of hydrogen-bond donors (Lipinski definition) is 2. The Morgan fingerprint density at radius 1 is 0.750 bits per heavy atom. The number of hydrogen-bond acceptors (Lipinski definition) is 6. The maximum absolute atomic E-state index is 11.3. The van der Waals surface area contributed by atoms with Crippen LogP contribution in [0.4, 0.5) is 0 Å². The first kappa shape index (κ1) is 20.0. The smallest absolute Gasteiger partial charge is 0.324 e. The molecule has 2 unspecified atom stereocenters. The van der Waals surface area contributed by atoms with Crippen LogP contribution in [0.3, 0.4) is 0 Å². The molecule has 2 aliphatic heterocycles. The molecule has 9 heteroatoms. The van der Waals surface area contributed by atoms with E-state index in [9.17, 15) is 19.1 Å². The van der Waals surface area contributed by atoms with Crippen molar-refractivity contribution in [1.82, 2.24) is 19.6 Å². The van der Waals surface area contributed by atoms with Gasteiger partial charge in [-0.2, -0.15) is 0 Å². The lowest BCUT2D eigenvalue weighted by Gasteiger charge is -2.35. The van der Waals surface area contributed by atoms with E-state index in [1.165, 1.54) is 0 Å². The van der Waals surface area contributed by atoms with Crippen LogP contribution >= 0.6 is 7.60 Å². The number of carbonyl (C=O) groups excluding carboxylic acids is 1. The zero-order valence-electron chi connectivity index (χ0n) is 14.4. The molecule has 2 heterocycles. The van der Waals surface area contributed by atoms with Crippen LogP contribution in [0.2, 0.25) is 0 Å². The van der Waals surface area contributed by atoms with Crippen molar-refractivity contribution in [3.05, 3.63) is 0 Å². The molecule has 2 atom stereocenters. The summed E-state index contributed by atoms with van der Waals surface area (Å²) in [6.45, 7) is 9.45. The molecule has 0 radical (unpaired) electrons. The van der Waals surface area contributed by atoms with Crippen molar-refractivity contribution < 1.29 is 19.1 Å². The van der Waals surface area contributed by atoms with Gasteiger partial charge in [-0.3, -0.25) is 14.4 Å². The molecule has 0 aliphatic carbocycles. The third kappa shape index (κ3) is 7.70. The zero-order chi connectivity index (χ0) is 17.4. The molecular weight excluding hydrogens is 331 g/mol. The van der Waals surface area contributed by atoms with E-state index in [0.717, 1.165) is 71.5 Å². The Morgan fingerprint density at radius 2 is 1.25 bits per heavy atom. The van der Waals surface area contributed by atoms with Crippen molar-refractivity contribution in [2.24, 2.45) is 0 Å². The van der Waals surface area contributed by atoms with Crippen LogP contribution < -0.4 is 0 Å². The zero-order valence-corrected chi connectivity index (χ0v) is 15.3. The van der Waals surface area contributed by atoms with Gasteiger partial charge in [0.1, 0.15) is 12.6 Å². The molecule has 0 aromatic rings. The fourth-order valence-electron chi connectivity index (χ4n) is 3.47. The van der Waals surface area contributed by atoms with Gasteiger partial charge in [-0.25, -0.2) is 0 Å². The SMILES string of the molecule is O=CCN1CCCN2CCN(CCCN(CP(=O)(O)O)CC2)CC1. The standard InChI is InChI=1S/C15H31N4O4P/c20-14-13-18-5-1-3-17-8-7-16(9-10-18)4-2-6-19(12-11-17)15-24(21,22)23/h14H,1-13,15H2,(H2,21,22,23). The van der Waals surface area contributed by atoms with Gasteiger partial charge in [0.15, 0.2) is 0 Å². The van der Waals surface area contributed by atoms with Crippen molar-refractivity contribution in [2.45, 2.75) is 12.8 Å². The first-order valence-electron chi connectivity index (χ1n) is 8.84. The molecule has 140 valence electrons. The van der Waals surface area contributed by atoms with Crippen LogP contribution in [0.1, 0.15) is 12.8 Å². The summed E-state index contributed by atoms with van der Waals surface area (Å²) in [5, 5.41) is 0. The van der Waals surface area contributed by atoms with Gasteiger partial charge in [-0.05, 0) is 32.5 Å². The first-order chi connectivity index (χ1) is 11.5. The summed E-state index contributed by atoms with van der Waals surface area (Å²) in [6.07, 6.45) is 2.77. The summed E-state index contributed by atoms with van der Waals surface area (Å²) < 4.78 is 11.3. The van der Waals surface area contributed by atoms with Crippen LogP contribution in [-0.2, 0) is 9.36 Å². The van der Waals surface area contributed by atoms with Crippen LogP contribution in [-0.4, -0.2) is 114 Å². The fourth-order valence-corrected chi connectivity index (χ4v) is 4.27. The third-order valence-electron chi connectivity index (χ3n) is 4.81. The van der Waals surface area contributed by atoms with E-state index in [4.69, 9.17) is 0 Å². The average Bonchev–Trinajstić information content (AvgIpc) is 2.51. The lowest BCUT2D eigenvalue weighted by atomic mass is 10.2. The molecule has 0 aromatic carbocycles. The minimum atomic E-state index is -4.01. The Labute approximate surface area is 144 Å². The topological polar surface area (TPSA) is 87.6 Å². The predicted molar refractivity (Wildman–Crippen MR) is 93.1 cm³/mol. The molecule has 2 rings (SSSR count). The van der Waals surface area contributed by atoms with Gasteiger partial charge < -0.3 is 24.4 Å². The van der Waals surface area contributed by atoms with Gasteiger partial charge in [-0.15, -0.1) is 0 Å². The Kier molecular flexibility index (Phi) is 8.30. The maximum Gasteiger partial charge on any atom is 0.339 e. The Balaban J connectivity index is 1.98. The summed E-state index contributed by atoms with van der Waals surface area (Å²) in [7, 11) is -4.01. The third-order valence-corrected chi connectivity index (χ3v) is 5.58. The molecule has 0 spiro atoms. The van der Waals surface area contributed by atoms with Gasteiger partial charge in [0.2, 0.25) is 0 Å². The summed E-state index contributed by atoms with van der Waals surface area (Å²) in [4.78, 5) is 38.3. The van der Waals surface area contributed by atoms with Gasteiger partial charge in [0.05, 0.1) is 6.54 Å². The van der Waals surface area contributed by atoms with Gasteiger partial charge in [0.25, 0.3) is 0 Å². The summed E-state index contributed by atoms with van der Waals surface area (Å²) >= 11 is 0. The molecular formula is C15H31N4O4P. The monoisotopic (exact) mass is 362 g/mol. The second-order valence-corrected chi connectivity index (χ2v) is 8.39. The highest BCUT2D eigenvalue weighted by molar-refractivity contribution is 7.51. The summed E-state index contributed by atoms with van der Waals surface area (Å²) in [6, 6.07) is 0. The Bertz CT molecular complexity index is 434. The van der Waals surface area contributed by atoms with Crippen LogP contribution in [0.5, 0.6) is 0 Å². The van der Waals surface area contributed by atoms with Crippen molar-refractivity contribution in [1.29, 1.82) is 0 Å². The van der Waals surface area contributed by atoms with E-state index in [2.05, 4.69) is 14.7 Å². The largest absolute Gasteiger partial charge is 0.339 e. The second kappa shape index (κ2) is 9.97. The van der Waals surface area contributed by atoms with E-state index in [-0.39, 0.29) is 6.29 Å². The van der Waals surface area contributed by atoms with Crippen molar-refractivity contribution in [2.75, 3.05) is 78.3 Å². The molecule has 8 nitrogen and oxygen atoms in total. The highest BCUT2D eigenvalue weighted by atomic mass is 31.2. The second-order valence-electron chi connectivity index (χ2n) is 6.78. The minimum absolute atomic E-state index is 0.145. The maximum atomic E-state index is 11.3. The van der Waals surface area contributed by atoms with Crippen LogP contribution in [0, 0.1) is 0 Å². The summed E-state index contributed by atoms with van der Waals surface area (Å²) in [5.41, 5.74) is 0. The first-order valence-corrected chi connectivity index (χ1v) is 10.6. The molecule has 2 bridgehead atoms. The number of carbonyl (C=O) groups is 1. The van der Waals surface area contributed by atoms with E-state index in [1.807, 2.05) is 4.90 Å². The van der Waals surface area contributed by atoms with Crippen molar-refractivity contribution in [3.8, 4) is 0 Å². The Hall–Kier alpha value is -0.340.